The molecule has 0 spiro atoms. The summed E-state index contributed by atoms with van der Waals surface area (Å²) in [7, 11) is -1.98. The Balaban J connectivity index is 3.00. The Bertz CT molecular complexity index is 395. The monoisotopic (exact) mass is 204 g/mol. The van der Waals surface area contributed by atoms with Crippen LogP contribution in [0, 0.1) is 0 Å². The molecule has 0 fully saturated rings. The number of hydrogen-bond acceptors (Lipinski definition) is 3. The molecule has 0 unspecified atom stereocenters. The highest BCUT2D eigenvalue weighted by atomic mass is 32.2. The van der Waals surface area contributed by atoms with Gasteiger partial charge in [-0.05, 0) is 6.42 Å². The molecule has 1 heterocycles. The van der Waals surface area contributed by atoms with Crippen molar-refractivity contribution in [2.45, 2.75) is 13.3 Å². The van der Waals surface area contributed by atoms with Crippen molar-refractivity contribution >= 4 is 15.9 Å². The highest BCUT2D eigenvalue weighted by molar-refractivity contribution is 7.90. The zero-order valence-corrected chi connectivity index (χ0v) is 8.30. The zero-order valence-electron chi connectivity index (χ0n) is 7.48. The van der Waals surface area contributed by atoms with Gasteiger partial charge in [0.15, 0.2) is 0 Å². The lowest BCUT2D eigenvalue weighted by atomic mass is 10.3. The second-order valence-corrected chi connectivity index (χ2v) is 3.96. The van der Waals surface area contributed by atoms with E-state index in [-0.39, 0.29) is 0 Å². The number of aryl methyl sites for hydroxylation is 2. The summed E-state index contributed by atoms with van der Waals surface area (Å²) in [6.45, 7) is 1.89. The maximum Gasteiger partial charge on any atom is 0.296 e. The topological polar surface area (TPSA) is 90.0 Å². The van der Waals surface area contributed by atoms with Crippen LogP contribution in [-0.2, 0) is 23.7 Å². The summed E-state index contributed by atoms with van der Waals surface area (Å²) in [5, 5.41) is 8.87. The molecule has 0 saturated carbocycles. The number of hydrogen-bond donors (Lipinski definition) is 2. The summed E-state index contributed by atoms with van der Waals surface area (Å²) in [5.41, 5.74) is 1.11. The quantitative estimate of drug-likeness (QED) is 0.701. The van der Waals surface area contributed by atoms with Crippen LogP contribution < -0.4 is 9.86 Å². The molecule has 1 rings (SSSR count). The van der Waals surface area contributed by atoms with Crippen LogP contribution in [0.5, 0.6) is 0 Å². The first-order valence-electron chi connectivity index (χ1n) is 3.75. The second kappa shape index (κ2) is 3.35. The molecule has 1 aromatic heterocycles. The summed E-state index contributed by atoms with van der Waals surface area (Å²) >= 11 is 0. The average molecular weight is 204 g/mol. The van der Waals surface area contributed by atoms with Gasteiger partial charge in [-0.3, -0.25) is 9.40 Å². The molecule has 6 nitrogen and oxygen atoms in total. The first-order valence-corrected chi connectivity index (χ1v) is 5.30. The van der Waals surface area contributed by atoms with Gasteiger partial charge >= 0.3 is 0 Å². The second-order valence-electron chi connectivity index (χ2n) is 2.66. The molecule has 7 heteroatoms. The predicted octanol–water partition coefficient (Wildman–Crippen LogP) is -0.402. The lowest BCUT2D eigenvalue weighted by Crippen LogP contribution is -2.22. The largest absolute Gasteiger partial charge is 0.296 e. The van der Waals surface area contributed by atoms with E-state index in [4.69, 9.17) is 5.14 Å². The first-order chi connectivity index (χ1) is 5.92. The highest BCUT2D eigenvalue weighted by Gasteiger charge is 2.09. The van der Waals surface area contributed by atoms with Crippen LogP contribution in [0.25, 0.3) is 0 Å². The Hall–Kier alpha value is -1.08. The predicted molar refractivity (Wildman–Crippen MR) is 49.3 cm³/mol. The molecule has 74 valence electrons. The SMILES string of the molecule is CCc1nn(C)cc1NS(N)(=O)=O. The Morgan fingerprint density at radius 3 is 2.77 bits per heavy atom. The van der Waals surface area contributed by atoms with Crippen LogP contribution >= 0.6 is 0 Å². The molecule has 0 aliphatic heterocycles. The molecular weight excluding hydrogens is 192 g/mol. The third-order valence-corrected chi connectivity index (χ3v) is 2.00. The summed E-state index contributed by atoms with van der Waals surface area (Å²) in [4.78, 5) is 0. The van der Waals surface area contributed by atoms with Crippen molar-refractivity contribution in [1.82, 2.24) is 9.78 Å². The van der Waals surface area contributed by atoms with Crippen molar-refractivity contribution in [3.63, 3.8) is 0 Å². The third kappa shape index (κ3) is 2.71. The minimum atomic E-state index is -3.70. The Kier molecular flexibility index (Phi) is 2.58. The van der Waals surface area contributed by atoms with Crippen molar-refractivity contribution in [3.8, 4) is 0 Å². The van der Waals surface area contributed by atoms with Gasteiger partial charge in [0.05, 0.1) is 11.4 Å². The molecule has 0 atom stereocenters. The van der Waals surface area contributed by atoms with Gasteiger partial charge in [-0.1, -0.05) is 6.92 Å². The molecule has 0 radical (unpaired) electrons. The minimum Gasteiger partial charge on any atom is -0.273 e. The molecule has 3 N–H and O–H groups in total. The van der Waals surface area contributed by atoms with Crippen LogP contribution in [0.2, 0.25) is 0 Å². The van der Waals surface area contributed by atoms with Gasteiger partial charge < -0.3 is 0 Å². The Morgan fingerprint density at radius 2 is 2.31 bits per heavy atom. The molecule has 0 aromatic carbocycles. The smallest absolute Gasteiger partial charge is 0.273 e. The third-order valence-electron chi connectivity index (χ3n) is 1.49. The van der Waals surface area contributed by atoms with E-state index in [0.29, 0.717) is 17.8 Å². The molecule has 13 heavy (non-hydrogen) atoms. The van der Waals surface area contributed by atoms with Crippen molar-refractivity contribution in [2.75, 3.05) is 4.72 Å². The van der Waals surface area contributed by atoms with Gasteiger partial charge in [0.25, 0.3) is 10.2 Å². The van der Waals surface area contributed by atoms with Gasteiger partial charge in [-0.15, -0.1) is 0 Å². The maximum absolute atomic E-state index is 10.7. The van der Waals surface area contributed by atoms with E-state index in [1.165, 1.54) is 4.68 Å². The summed E-state index contributed by atoms with van der Waals surface area (Å²) < 4.78 is 25.1. The van der Waals surface area contributed by atoms with Crippen molar-refractivity contribution in [2.24, 2.45) is 12.2 Å². The average Bonchev–Trinajstić information content (AvgIpc) is 2.27. The number of anilines is 1. The fraction of sp³-hybridized carbons (Fsp3) is 0.500. The molecule has 0 bridgehead atoms. The normalized spacial score (nSPS) is 11.6. The summed E-state index contributed by atoms with van der Waals surface area (Å²) in [5.74, 6) is 0. The zero-order chi connectivity index (χ0) is 10.1. The Labute approximate surface area is 76.9 Å². The molecule has 1 aromatic rings. The van der Waals surface area contributed by atoms with Crippen molar-refractivity contribution in [1.29, 1.82) is 0 Å². The van der Waals surface area contributed by atoms with Crippen LogP contribution in [-0.4, -0.2) is 18.2 Å². The minimum absolute atomic E-state index is 0.438. The van der Waals surface area contributed by atoms with Gasteiger partial charge in [0, 0.05) is 13.2 Å². The summed E-state index contributed by atoms with van der Waals surface area (Å²) in [6, 6.07) is 0. The van der Waals surface area contributed by atoms with Crippen LogP contribution in [0.15, 0.2) is 6.20 Å². The molecule has 0 amide bonds. The van der Waals surface area contributed by atoms with E-state index >= 15 is 0 Å². The van der Waals surface area contributed by atoms with E-state index in [0.717, 1.165) is 0 Å². The molecular formula is C6H12N4O2S. The molecule has 0 saturated heterocycles. The number of nitrogens with zero attached hydrogens (tertiary/aromatic N) is 2. The fourth-order valence-electron chi connectivity index (χ4n) is 1.03. The van der Waals surface area contributed by atoms with Gasteiger partial charge in [-0.2, -0.15) is 13.5 Å². The van der Waals surface area contributed by atoms with Gasteiger partial charge in [0.1, 0.15) is 0 Å². The number of nitrogens with two attached hydrogens (primary N) is 1. The van der Waals surface area contributed by atoms with E-state index in [1.807, 2.05) is 6.92 Å². The van der Waals surface area contributed by atoms with E-state index in [9.17, 15) is 8.42 Å². The Morgan fingerprint density at radius 1 is 1.69 bits per heavy atom. The first kappa shape index (κ1) is 10.0. The highest BCUT2D eigenvalue weighted by Crippen LogP contribution is 2.13. The van der Waals surface area contributed by atoms with Crippen molar-refractivity contribution in [3.05, 3.63) is 11.9 Å². The van der Waals surface area contributed by atoms with Gasteiger partial charge in [-0.25, -0.2) is 5.14 Å². The number of aromatic nitrogens is 2. The summed E-state index contributed by atoms with van der Waals surface area (Å²) in [6.07, 6.45) is 2.22. The molecule has 0 aliphatic rings. The maximum atomic E-state index is 10.7. The van der Waals surface area contributed by atoms with Crippen LogP contribution in [0.3, 0.4) is 0 Å². The van der Waals surface area contributed by atoms with Crippen LogP contribution in [0.1, 0.15) is 12.6 Å². The van der Waals surface area contributed by atoms with Gasteiger partial charge in [0.2, 0.25) is 0 Å². The number of rotatable bonds is 3. The lowest BCUT2D eigenvalue weighted by molar-refractivity contribution is 0.603. The lowest BCUT2D eigenvalue weighted by Gasteiger charge is -2.00. The van der Waals surface area contributed by atoms with E-state index in [1.54, 1.807) is 13.2 Å². The van der Waals surface area contributed by atoms with Crippen molar-refractivity contribution < 1.29 is 8.42 Å². The standard InChI is InChI=1S/C6H12N4O2S/c1-3-5-6(4-10(2)8-5)9-13(7,11)12/h4,9H,3H2,1-2H3,(H2,7,11,12). The number of nitrogens with one attached hydrogen (secondary N) is 1. The van der Waals surface area contributed by atoms with E-state index < -0.39 is 10.2 Å². The fourth-order valence-corrected chi connectivity index (χ4v) is 1.51. The van der Waals surface area contributed by atoms with Crippen LogP contribution in [0.4, 0.5) is 5.69 Å². The molecule has 0 aliphatic carbocycles. The van der Waals surface area contributed by atoms with E-state index in [2.05, 4.69) is 9.82 Å².